The molecule has 2 rings (SSSR count). The lowest BCUT2D eigenvalue weighted by Crippen LogP contribution is -2.53. The van der Waals surface area contributed by atoms with Gasteiger partial charge in [-0.05, 0) is 12.0 Å². The zero-order valence-electron chi connectivity index (χ0n) is 12.6. The Morgan fingerprint density at radius 2 is 2.14 bits per heavy atom. The van der Waals surface area contributed by atoms with Gasteiger partial charge in [0.1, 0.15) is 6.61 Å². The molecule has 0 radical (unpaired) electrons. The average Bonchev–Trinajstić information content (AvgIpc) is 2.52. The van der Waals surface area contributed by atoms with Crippen molar-refractivity contribution in [3.05, 3.63) is 35.9 Å². The van der Waals surface area contributed by atoms with Crippen LogP contribution in [-0.4, -0.2) is 36.7 Å². The summed E-state index contributed by atoms with van der Waals surface area (Å²) in [5.41, 5.74) is 1.03. The van der Waals surface area contributed by atoms with Crippen LogP contribution in [0.25, 0.3) is 0 Å². The smallest absolute Gasteiger partial charge is 0.410 e. The molecule has 0 saturated carbocycles. The van der Waals surface area contributed by atoms with Gasteiger partial charge in [-0.25, -0.2) is 4.79 Å². The number of carbonyl (C=O) groups is 1. The first kappa shape index (κ1) is 17.8. The summed E-state index contributed by atoms with van der Waals surface area (Å²) in [4.78, 5) is 14.1. The normalized spacial score (nSPS) is 18.0. The zero-order valence-corrected chi connectivity index (χ0v) is 13.4. The van der Waals surface area contributed by atoms with Gasteiger partial charge in [-0.3, -0.25) is 0 Å². The van der Waals surface area contributed by atoms with Gasteiger partial charge < -0.3 is 15.0 Å². The molecule has 21 heavy (non-hydrogen) atoms. The van der Waals surface area contributed by atoms with Gasteiger partial charge in [0.2, 0.25) is 0 Å². The van der Waals surface area contributed by atoms with Gasteiger partial charge in [0.05, 0.1) is 0 Å². The van der Waals surface area contributed by atoms with Crippen LogP contribution in [0.1, 0.15) is 31.7 Å². The van der Waals surface area contributed by atoms with Crippen LogP contribution in [0.4, 0.5) is 4.79 Å². The predicted molar refractivity (Wildman–Crippen MR) is 86.8 cm³/mol. The molecule has 1 heterocycles. The van der Waals surface area contributed by atoms with Crippen LogP contribution in [0.5, 0.6) is 0 Å². The monoisotopic (exact) mass is 312 g/mol. The molecule has 5 heteroatoms. The Labute approximate surface area is 133 Å². The van der Waals surface area contributed by atoms with Gasteiger partial charge in [0, 0.05) is 25.7 Å². The van der Waals surface area contributed by atoms with E-state index in [0.29, 0.717) is 6.61 Å². The summed E-state index contributed by atoms with van der Waals surface area (Å²) in [6.07, 6.45) is 3.17. The molecule has 0 aromatic heterocycles. The van der Waals surface area contributed by atoms with Crippen LogP contribution in [0.15, 0.2) is 30.3 Å². The number of nitrogens with one attached hydrogen (secondary N) is 1. The first-order valence-electron chi connectivity index (χ1n) is 7.49. The second kappa shape index (κ2) is 9.64. The fraction of sp³-hybridized carbons (Fsp3) is 0.562. The minimum atomic E-state index is -0.184. The molecular formula is C16H25ClN2O2. The molecular weight excluding hydrogens is 288 g/mol. The predicted octanol–water partition coefficient (Wildman–Crippen LogP) is 3.21. The van der Waals surface area contributed by atoms with E-state index in [-0.39, 0.29) is 24.5 Å². The maximum absolute atomic E-state index is 12.2. The fourth-order valence-electron chi connectivity index (χ4n) is 2.50. The molecule has 1 saturated heterocycles. The average molecular weight is 313 g/mol. The molecule has 1 N–H and O–H groups in total. The van der Waals surface area contributed by atoms with E-state index in [1.807, 2.05) is 35.2 Å². The number of carbonyl (C=O) groups excluding carboxylic acids is 1. The fourth-order valence-corrected chi connectivity index (χ4v) is 2.50. The first-order chi connectivity index (χ1) is 9.81. The van der Waals surface area contributed by atoms with Gasteiger partial charge in [-0.2, -0.15) is 0 Å². The lowest BCUT2D eigenvalue weighted by molar-refractivity contribution is 0.0698. The van der Waals surface area contributed by atoms with Gasteiger partial charge in [-0.15, -0.1) is 12.4 Å². The number of unbranched alkanes of at least 4 members (excludes halogenated alkanes) is 1. The SMILES string of the molecule is CCCC[C@@H]1CNCCN1C(=O)OCc1ccccc1.Cl. The standard InChI is InChI=1S/C16H24N2O2.ClH/c1-2-3-9-15-12-17-10-11-18(15)16(19)20-13-14-7-5-4-6-8-14;/h4-8,15,17H,2-3,9-13H2,1H3;1H/t15-;/m1./s1. The van der Waals surface area contributed by atoms with Crippen molar-refractivity contribution < 1.29 is 9.53 Å². The van der Waals surface area contributed by atoms with E-state index in [9.17, 15) is 4.79 Å². The van der Waals surface area contributed by atoms with Crippen molar-refractivity contribution in [3.8, 4) is 0 Å². The number of hydrogen-bond donors (Lipinski definition) is 1. The maximum atomic E-state index is 12.2. The minimum Gasteiger partial charge on any atom is -0.445 e. The molecule has 1 atom stereocenters. The Morgan fingerprint density at radius 3 is 2.86 bits per heavy atom. The molecule has 4 nitrogen and oxygen atoms in total. The zero-order chi connectivity index (χ0) is 14.2. The van der Waals surface area contributed by atoms with Crippen molar-refractivity contribution in [3.63, 3.8) is 0 Å². The number of amides is 1. The molecule has 0 aliphatic carbocycles. The number of nitrogens with zero attached hydrogens (tertiary/aromatic N) is 1. The molecule has 1 aromatic rings. The summed E-state index contributed by atoms with van der Waals surface area (Å²) in [5, 5.41) is 3.35. The Kier molecular flexibility index (Phi) is 8.16. The van der Waals surface area contributed by atoms with E-state index in [2.05, 4.69) is 12.2 Å². The van der Waals surface area contributed by atoms with Gasteiger partial charge in [-0.1, -0.05) is 50.1 Å². The van der Waals surface area contributed by atoms with E-state index in [1.54, 1.807) is 0 Å². The van der Waals surface area contributed by atoms with E-state index in [0.717, 1.165) is 44.5 Å². The Bertz CT molecular complexity index is 414. The van der Waals surface area contributed by atoms with E-state index >= 15 is 0 Å². The number of hydrogen-bond acceptors (Lipinski definition) is 3. The summed E-state index contributed by atoms with van der Waals surface area (Å²) in [6, 6.07) is 10.1. The second-order valence-corrected chi connectivity index (χ2v) is 5.23. The molecule has 0 spiro atoms. The van der Waals surface area contributed by atoms with Crippen LogP contribution in [-0.2, 0) is 11.3 Å². The number of piperazine rings is 1. The van der Waals surface area contributed by atoms with E-state index in [4.69, 9.17) is 4.74 Å². The van der Waals surface area contributed by atoms with Crippen LogP contribution >= 0.6 is 12.4 Å². The molecule has 1 aliphatic rings. The van der Waals surface area contributed by atoms with E-state index < -0.39 is 0 Å². The third-order valence-electron chi connectivity index (χ3n) is 3.68. The number of benzene rings is 1. The lowest BCUT2D eigenvalue weighted by atomic mass is 10.1. The third kappa shape index (κ3) is 5.56. The number of halogens is 1. The Hall–Kier alpha value is -1.26. The van der Waals surface area contributed by atoms with Gasteiger partial charge in [0.15, 0.2) is 0 Å². The summed E-state index contributed by atoms with van der Waals surface area (Å²) < 4.78 is 5.44. The highest BCUT2D eigenvalue weighted by molar-refractivity contribution is 5.85. The molecule has 0 unspecified atom stereocenters. The molecule has 1 amide bonds. The first-order valence-corrected chi connectivity index (χ1v) is 7.49. The van der Waals surface area contributed by atoms with Crippen molar-refractivity contribution in [2.75, 3.05) is 19.6 Å². The van der Waals surface area contributed by atoms with Crippen molar-refractivity contribution >= 4 is 18.5 Å². The van der Waals surface area contributed by atoms with Gasteiger partial charge in [0.25, 0.3) is 0 Å². The van der Waals surface area contributed by atoms with E-state index in [1.165, 1.54) is 0 Å². The lowest BCUT2D eigenvalue weighted by Gasteiger charge is -2.35. The highest BCUT2D eigenvalue weighted by atomic mass is 35.5. The number of ether oxygens (including phenoxy) is 1. The van der Waals surface area contributed by atoms with Crippen molar-refractivity contribution in [2.45, 2.75) is 38.8 Å². The minimum absolute atomic E-state index is 0. The highest BCUT2D eigenvalue weighted by Crippen LogP contribution is 2.13. The summed E-state index contributed by atoms with van der Waals surface area (Å²) in [6.45, 7) is 4.99. The summed E-state index contributed by atoms with van der Waals surface area (Å²) >= 11 is 0. The molecule has 1 aromatic carbocycles. The van der Waals surface area contributed by atoms with Gasteiger partial charge >= 0.3 is 6.09 Å². The van der Waals surface area contributed by atoms with Crippen molar-refractivity contribution in [1.29, 1.82) is 0 Å². The quantitative estimate of drug-likeness (QED) is 0.907. The second-order valence-electron chi connectivity index (χ2n) is 5.23. The van der Waals surface area contributed by atoms with Crippen molar-refractivity contribution in [1.82, 2.24) is 10.2 Å². The van der Waals surface area contributed by atoms with Crippen LogP contribution in [0.2, 0.25) is 0 Å². The van der Waals surface area contributed by atoms with Crippen LogP contribution in [0, 0.1) is 0 Å². The third-order valence-corrected chi connectivity index (χ3v) is 3.68. The Balaban J connectivity index is 0.00000220. The molecule has 1 fully saturated rings. The molecule has 118 valence electrons. The van der Waals surface area contributed by atoms with Crippen LogP contribution in [0.3, 0.4) is 0 Å². The van der Waals surface area contributed by atoms with Crippen molar-refractivity contribution in [2.24, 2.45) is 0 Å². The van der Waals surface area contributed by atoms with Crippen LogP contribution < -0.4 is 5.32 Å². The number of rotatable bonds is 5. The molecule has 0 bridgehead atoms. The summed E-state index contributed by atoms with van der Waals surface area (Å²) in [5.74, 6) is 0. The maximum Gasteiger partial charge on any atom is 0.410 e. The largest absolute Gasteiger partial charge is 0.445 e. The highest BCUT2D eigenvalue weighted by Gasteiger charge is 2.27. The topological polar surface area (TPSA) is 41.6 Å². The summed E-state index contributed by atoms with van der Waals surface area (Å²) in [7, 11) is 0. The molecule has 1 aliphatic heterocycles. The Morgan fingerprint density at radius 1 is 1.38 bits per heavy atom.